The predicted molar refractivity (Wildman–Crippen MR) is 61.2 cm³/mol. The standard InChI is InChI=1S/C9H10ClN3S/c1-6(4-10)13-8-7-2-3-14-9(7)12-5-11-8/h2-3,5-6H,4H2,1H3,(H,11,12,13). The summed E-state index contributed by atoms with van der Waals surface area (Å²) in [7, 11) is 0. The fourth-order valence-corrected chi connectivity index (χ4v) is 1.99. The lowest BCUT2D eigenvalue weighted by Gasteiger charge is -2.11. The molecule has 1 N–H and O–H groups in total. The van der Waals surface area contributed by atoms with Crippen LogP contribution in [0, 0.1) is 0 Å². The summed E-state index contributed by atoms with van der Waals surface area (Å²) < 4.78 is 0. The number of halogens is 1. The Balaban J connectivity index is 2.36. The maximum absolute atomic E-state index is 5.72. The Kier molecular flexibility index (Phi) is 2.84. The molecule has 1 atom stereocenters. The Labute approximate surface area is 91.1 Å². The number of hydrogen-bond donors (Lipinski definition) is 1. The van der Waals surface area contributed by atoms with Gasteiger partial charge < -0.3 is 5.32 Å². The van der Waals surface area contributed by atoms with E-state index in [4.69, 9.17) is 11.6 Å². The lowest BCUT2D eigenvalue weighted by atomic mass is 10.3. The first-order chi connectivity index (χ1) is 6.81. The summed E-state index contributed by atoms with van der Waals surface area (Å²) in [5, 5.41) is 6.32. The highest BCUT2D eigenvalue weighted by molar-refractivity contribution is 7.16. The molecule has 0 aliphatic heterocycles. The molecule has 0 bridgehead atoms. The topological polar surface area (TPSA) is 37.8 Å². The van der Waals surface area contributed by atoms with E-state index in [9.17, 15) is 0 Å². The summed E-state index contributed by atoms with van der Waals surface area (Å²) in [5.74, 6) is 1.43. The SMILES string of the molecule is CC(CCl)Nc1ncnc2sccc12. The number of thiophene rings is 1. The number of anilines is 1. The van der Waals surface area contributed by atoms with Gasteiger partial charge in [0.15, 0.2) is 0 Å². The fraction of sp³-hybridized carbons (Fsp3) is 0.333. The van der Waals surface area contributed by atoms with Gasteiger partial charge in [-0.1, -0.05) is 0 Å². The zero-order valence-electron chi connectivity index (χ0n) is 7.70. The Morgan fingerprint density at radius 1 is 1.57 bits per heavy atom. The van der Waals surface area contributed by atoms with Crippen LogP contribution >= 0.6 is 22.9 Å². The minimum atomic E-state index is 0.217. The van der Waals surface area contributed by atoms with Crippen LogP contribution in [0.3, 0.4) is 0 Å². The zero-order valence-corrected chi connectivity index (χ0v) is 9.27. The van der Waals surface area contributed by atoms with Gasteiger partial charge in [-0.05, 0) is 18.4 Å². The van der Waals surface area contributed by atoms with Gasteiger partial charge in [0.05, 0.1) is 5.39 Å². The van der Waals surface area contributed by atoms with Crippen molar-refractivity contribution in [3.63, 3.8) is 0 Å². The third-order valence-corrected chi connectivity index (χ3v) is 3.16. The van der Waals surface area contributed by atoms with Gasteiger partial charge in [0.1, 0.15) is 17.0 Å². The van der Waals surface area contributed by atoms with E-state index >= 15 is 0 Å². The van der Waals surface area contributed by atoms with Crippen molar-refractivity contribution in [2.75, 3.05) is 11.2 Å². The molecule has 5 heteroatoms. The van der Waals surface area contributed by atoms with Gasteiger partial charge in [0, 0.05) is 11.9 Å². The van der Waals surface area contributed by atoms with Crippen LogP contribution < -0.4 is 5.32 Å². The third-order valence-electron chi connectivity index (χ3n) is 1.88. The van der Waals surface area contributed by atoms with Crippen molar-refractivity contribution >= 4 is 39.0 Å². The van der Waals surface area contributed by atoms with E-state index in [1.807, 2.05) is 18.4 Å². The first-order valence-electron chi connectivity index (χ1n) is 4.32. The number of nitrogens with zero attached hydrogens (tertiary/aromatic N) is 2. The number of aromatic nitrogens is 2. The van der Waals surface area contributed by atoms with Gasteiger partial charge in [-0.2, -0.15) is 0 Å². The second-order valence-corrected chi connectivity index (χ2v) is 4.26. The van der Waals surface area contributed by atoms with Crippen molar-refractivity contribution < 1.29 is 0 Å². The molecule has 2 aromatic heterocycles. The van der Waals surface area contributed by atoms with E-state index in [2.05, 4.69) is 15.3 Å². The Morgan fingerprint density at radius 2 is 2.43 bits per heavy atom. The van der Waals surface area contributed by atoms with Gasteiger partial charge in [-0.15, -0.1) is 22.9 Å². The molecule has 2 aromatic rings. The summed E-state index contributed by atoms with van der Waals surface area (Å²) in [6.45, 7) is 2.02. The zero-order chi connectivity index (χ0) is 9.97. The molecule has 2 heterocycles. The normalized spacial score (nSPS) is 13.0. The summed E-state index contributed by atoms with van der Waals surface area (Å²) in [6, 6.07) is 2.23. The van der Waals surface area contributed by atoms with Crippen molar-refractivity contribution in [1.29, 1.82) is 0 Å². The second kappa shape index (κ2) is 4.11. The summed E-state index contributed by atoms with van der Waals surface area (Å²) >= 11 is 7.34. The van der Waals surface area contributed by atoms with Crippen molar-refractivity contribution in [2.45, 2.75) is 13.0 Å². The lowest BCUT2D eigenvalue weighted by molar-refractivity contribution is 0.898. The molecule has 14 heavy (non-hydrogen) atoms. The molecule has 0 saturated carbocycles. The van der Waals surface area contributed by atoms with Gasteiger partial charge in [-0.25, -0.2) is 9.97 Å². The molecule has 1 unspecified atom stereocenters. The Bertz CT molecular complexity index is 429. The smallest absolute Gasteiger partial charge is 0.138 e. The van der Waals surface area contributed by atoms with Crippen LogP contribution in [-0.4, -0.2) is 21.9 Å². The molecule has 74 valence electrons. The maximum Gasteiger partial charge on any atom is 0.138 e. The molecular formula is C9H10ClN3S. The van der Waals surface area contributed by atoms with Gasteiger partial charge in [0.2, 0.25) is 0 Å². The summed E-state index contributed by atoms with van der Waals surface area (Å²) in [6.07, 6.45) is 1.57. The van der Waals surface area contributed by atoms with Crippen LogP contribution in [0.4, 0.5) is 5.82 Å². The minimum absolute atomic E-state index is 0.217. The van der Waals surface area contributed by atoms with E-state index in [1.54, 1.807) is 17.7 Å². The second-order valence-electron chi connectivity index (χ2n) is 3.06. The van der Waals surface area contributed by atoms with Gasteiger partial charge >= 0.3 is 0 Å². The van der Waals surface area contributed by atoms with Crippen molar-refractivity contribution in [2.24, 2.45) is 0 Å². The largest absolute Gasteiger partial charge is 0.366 e. The Morgan fingerprint density at radius 3 is 3.21 bits per heavy atom. The molecule has 0 amide bonds. The first-order valence-corrected chi connectivity index (χ1v) is 5.73. The highest BCUT2D eigenvalue weighted by atomic mass is 35.5. The monoisotopic (exact) mass is 227 g/mol. The molecule has 0 aliphatic rings. The first kappa shape index (κ1) is 9.68. The van der Waals surface area contributed by atoms with Crippen molar-refractivity contribution in [3.05, 3.63) is 17.8 Å². The van der Waals surface area contributed by atoms with Crippen molar-refractivity contribution in [3.8, 4) is 0 Å². The van der Waals surface area contributed by atoms with E-state index < -0.39 is 0 Å². The molecule has 0 fully saturated rings. The molecule has 0 aromatic carbocycles. The van der Waals surface area contributed by atoms with E-state index in [0.29, 0.717) is 5.88 Å². The van der Waals surface area contributed by atoms with E-state index in [0.717, 1.165) is 16.0 Å². The van der Waals surface area contributed by atoms with Crippen LogP contribution in [0.15, 0.2) is 17.8 Å². The lowest BCUT2D eigenvalue weighted by Crippen LogP contribution is -2.17. The number of fused-ring (bicyclic) bond motifs is 1. The highest BCUT2D eigenvalue weighted by Gasteiger charge is 2.06. The third kappa shape index (κ3) is 1.81. The Hall–Kier alpha value is -0.870. The quantitative estimate of drug-likeness (QED) is 0.820. The molecule has 3 nitrogen and oxygen atoms in total. The minimum Gasteiger partial charge on any atom is -0.366 e. The summed E-state index contributed by atoms with van der Waals surface area (Å²) in [4.78, 5) is 9.37. The average Bonchev–Trinajstić information content (AvgIpc) is 2.66. The van der Waals surface area contributed by atoms with Crippen LogP contribution in [-0.2, 0) is 0 Å². The predicted octanol–water partition coefficient (Wildman–Crippen LogP) is 2.73. The number of hydrogen-bond acceptors (Lipinski definition) is 4. The van der Waals surface area contributed by atoms with Crippen LogP contribution in [0.1, 0.15) is 6.92 Å². The number of rotatable bonds is 3. The number of nitrogens with one attached hydrogen (secondary N) is 1. The van der Waals surface area contributed by atoms with Gasteiger partial charge in [0.25, 0.3) is 0 Å². The number of alkyl halides is 1. The maximum atomic E-state index is 5.72. The van der Waals surface area contributed by atoms with Crippen LogP contribution in [0.25, 0.3) is 10.2 Å². The van der Waals surface area contributed by atoms with Crippen LogP contribution in [0.5, 0.6) is 0 Å². The molecule has 2 rings (SSSR count). The van der Waals surface area contributed by atoms with Gasteiger partial charge in [-0.3, -0.25) is 0 Å². The fourth-order valence-electron chi connectivity index (χ4n) is 1.18. The molecule has 0 spiro atoms. The highest BCUT2D eigenvalue weighted by Crippen LogP contribution is 2.24. The van der Waals surface area contributed by atoms with E-state index in [1.165, 1.54) is 0 Å². The van der Waals surface area contributed by atoms with Crippen molar-refractivity contribution in [1.82, 2.24) is 9.97 Å². The van der Waals surface area contributed by atoms with E-state index in [-0.39, 0.29) is 6.04 Å². The molecular weight excluding hydrogens is 218 g/mol. The summed E-state index contributed by atoms with van der Waals surface area (Å²) in [5.41, 5.74) is 0. The molecule has 0 aliphatic carbocycles. The molecule has 0 saturated heterocycles. The molecule has 0 radical (unpaired) electrons. The van der Waals surface area contributed by atoms with Crippen LogP contribution in [0.2, 0.25) is 0 Å². The average molecular weight is 228 g/mol.